The summed E-state index contributed by atoms with van der Waals surface area (Å²) < 4.78 is 74.0. The van der Waals surface area contributed by atoms with Crippen molar-refractivity contribution in [2.75, 3.05) is 6.01 Å². The topological polar surface area (TPSA) is 125 Å². The highest BCUT2D eigenvalue weighted by Gasteiger charge is 2.79. The number of alkyl halides is 3. The van der Waals surface area contributed by atoms with Crippen LogP contribution in [-0.4, -0.2) is 60.6 Å². The molecule has 0 bridgehead atoms. The SMILES string of the molecule is CCC(=O)OC1(C(=O)SCF)C(C)CC2C3CC(F)C4=CC(=O)C=CC4(C)C3(F)C(OP(=O)(O)n3ccnc3)CC21C. The van der Waals surface area contributed by atoms with Crippen LogP contribution in [0.1, 0.15) is 53.4 Å². The van der Waals surface area contributed by atoms with Crippen molar-refractivity contribution in [3.63, 3.8) is 0 Å². The fourth-order valence-corrected chi connectivity index (χ4v) is 10.2. The maximum atomic E-state index is 18.3. The van der Waals surface area contributed by atoms with Gasteiger partial charge in [-0.25, -0.2) is 27.1 Å². The Hall–Kier alpha value is -2.21. The first-order valence-corrected chi connectivity index (χ1v) is 16.4. The van der Waals surface area contributed by atoms with Crippen LogP contribution in [0.4, 0.5) is 13.2 Å². The van der Waals surface area contributed by atoms with E-state index in [1.165, 1.54) is 32.3 Å². The molecule has 0 aliphatic heterocycles. The molecular formula is C28H34F3N2O7PS. The number of aromatic nitrogens is 2. The molecule has 10 unspecified atom stereocenters. The zero-order chi connectivity index (χ0) is 30.9. The summed E-state index contributed by atoms with van der Waals surface area (Å²) in [6.07, 6.45) is 2.69. The molecule has 230 valence electrons. The van der Waals surface area contributed by atoms with Crippen molar-refractivity contribution in [3.8, 4) is 0 Å². The van der Waals surface area contributed by atoms with E-state index in [2.05, 4.69) is 4.98 Å². The minimum atomic E-state index is -4.82. The minimum Gasteiger partial charge on any atom is -0.449 e. The molecule has 4 aliphatic rings. The summed E-state index contributed by atoms with van der Waals surface area (Å²) >= 11 is 0.331. The number of halogens is 3. The number of nitrogens with zero attached hydrogens (tertiary/aromatic N) is 2. The number of carbonyl (C=O) groups is 3. The Bertz CT molecular complexity index is 1410. The highest BCUT2D eigenvalue weighted by Crippen LogP contribution is 2.73. The van der Waals surface area contributed by atoms with Crippen molar-refractivity contribution in [2.45, 2.75) is 76.9 Å². The van der Waals surface area contributed by atoms with Gasteiger partial charge in [0, 0.05) is 41.5 Å². The van der Waals surface area contributed by atoms with Gasteiger partial charge in [-0.3, -0.25) is 18.9 Å². The summed E-state index contributed by atoms with van der Waals surface area (Å²) in [5.41, 5.74) is -7.78. The second-order valence-corrected chi connectivity index (χ2v) is 14.6. The van der Waals surface area contributed by atoms with Crippen LogP contribution >= 0.6 is 19.5 Å². The minimum absolute atomic E-state index is 0.0940. The number of allylic oxidation sites excluding steroid dienone is 4. The molecule has 9 nitrogen and oxygen atoms in total. The fourth-order valence-electron chi connectivity index (χ4n) is 8.33. The Balaban J connectivity index is 1.73. The summed E-state index contributed by atoms with van der Waals surface area (Å²) in [5, 5.41) is -0.765. The molecule has 0 saturated heterocycles. The molecule has 0 radical (unpaired) electrons. The van der Waals surface area contributed by atoms with Crippen molar-refractivity contribution in [3.05, 3.63) is 42.5 Å². The maximum absolute atomic E-state index is 18.3. The first-order valence-electron chi connectivity index (χ1n) is 13.9. The molecule has 14 heteroatoms. The number of rotatable bonds is 7. The lowest BCUT2D eigenvalue weighted by Gasteiger charge is -2.63. The Labute approximate surface area is 245 Å². The molecule has 3 fully saturated rings. The van der Waals surface area contributed by atoms with Crippen molar-refractivity contribution in [2.24, 2.45) is 28.6 Å². The van der Waals surface area contributed by atoms with Crippen molar-refractivity contribution < 1.29 is 46.3 Å². The van der Waals surface area contributed by atoms with Crippen LogP contribution < -0.4 is 0 Å². The predicted octanol–water partition coefficient (Wildman–Crippen LogP) is 5.30. The summed E-state index contributed by atoms with van der Waals surface area (Å²) in [6, 6.07) is -1.10. The molecular weight excluding hydrogens is 596 g/mol. The average molecular weight is 631 g/mol. The zero-order valence-electron chi connectivity index (χ0n) is 23.7. The van der Waals surface area contributed by atoms with E-state index in [0.717, 1.165) is 22.8 Å². The highest BCUT2D eigenvalue weighted by atomic mass is 32.2. The van der Waals surface area contributed by atoms with Gasteiger partial charge in [0.15, 0.2) is 17.1 Å². The molecule has 0 aromatic carbocycles. The van der Waals surface area contributed by atoms with E-state index < -0.39 is 95.6 Å². The van der Waals surface area contributed by atoms with Crippen LogP contribution in [0, 0.1) is 28.6 Å². The summed E-state index contributed by atoms with van der Waals surface area (Å²) in [4.78, 5) is 53.6. The van der Waals surface area contributed by atoms with Crippen molar-refractivity contribution in [1.82, 2.24) is 9.32 Å². The van der Waals surface area contributed by atoms with Gasteiger partial charge in [-0.2, -0.15) is 0 Å². The van der Waals surface area contributed by atoms with Gasteiger partial charge in [0.05, 0.1) is 0 Å². The van der Waals surface area contributed by atoms with Gasteiger partial charge in [-0.05, 0) is 61.6 Å². The monoisotopic (exact) mass is 630 g/mol. The predicted molar refractivity (Wildman–Crippen MR) is 147 cm³/mol. The summed E-state index contributed by atoms with van der Waals surface area (Å²) in [5.74, 6) is -3.94. The lowest BCUT2D eigenvalue weighted by atomic mass is 9.44. The van der Waals surface area contributed by atoms with E-state index >= 15 is 8.78 Å². The molecule has 10 atom stereocenters. The number of carbonyl (C=O) groups excluding carboxylic acids is 3. The Morgan fingerprint density at radius 1 is 1.29 bits per heavy atom. The number of ketones is 1. The maximum Gasteiger partial charge on any atom is 0.437 e. The van der Waals surface area contributed by atoms with E-state index in [-0.39, 0.29) is 18.4 Å². The van der Waals surface area contributed by atoms with Gasteiger partial charge in [0.1, 0.15) is 24.6 Å². The number of hydrogen-bond acceptors (Lipinski definition) is 8. The Kier molecular flexibility index (Phi) is 7.77. The molecule has 1 aromatic heterocycles. The number of fused-ring (bicyclic) bond motifs is 5. The number of ether oxygens (including phenoxy) is 1. The molecule has 1 N–H and O–H groups in total. The molecule has 0 amide bonds. The standard InChI is InChI=1S/C28H34F3N2O7PS/c1-5-23(35)39-28(24(36)42-14-29)16(2)10-18-19-12-21(30)20-11-17(34)6-7-25(20,3)27(19,31)22(13-26(18,28)4)40-41(37,38)33-9-8-32-15-33/h6-9,11,15-16,18-19,21-22H,5,10,12-14H2,1-4H3,(H,37,38). The van der Waals surface area contributed by atoms with Crippen molar-refractivity contribution >= 4 is 36.4 Å². The number of imidazole rings is 1. The normalized spacial score (nSPS) is 42.1. The molecule has 1 heterocycles. The van der Waals surface area contributed by atoms with Gasteiger partial charge in [0.25, 0.3) is 0 Å². The van der Waals surface area contributed by atoms with E-state index in [0.29, 0.717) is 11.8 Å². The molecule has 0 spiro atoms. The van der Waals surface area contributed by atoms with Crippen LogP contribution in [0.15, 0.2) is 42.5 Å². The van der Waals surface area contributed by atoms with E-state index in [4.69, 9.17) is 9.26 Å². The van der Waals surface area contributed by atoms with Gasteiger partial charge < -0.3 is 9.63 Å². The van der Waals surface area contributed by atoms with E-state index in [1.807, 2.05) is 0 Å². The van der Waals surface area contributed by atoms with Gasteiger partial charge >= 0.3 is 13.7 Å². The third-order valence-corrected chi connectivity index (χ3v) is 12.3. The van der Waals surface area contributed by atoms with Crippen LogP contribution in [0.2, 0.25) is 0 Å². The van der Waals surface area contributed by atoms with E-state index in [9.17, 15) is 28.2 Å². The van der Waals surface area contributed by atoms with Crippen molar-refractivity contribution in [1.29, 1.82) is 0 Å². The zero-order valence-corrected chi connectivity index (χ0v) is 25.4. The van der Waals surface area contributed by atoms with E-state index in [1.54, 1.807) is 13.8 Å². The number of thioether (sulfide) groups is 1. The Morgan fingerprint density at radius 3 is 2.62 bits per heavy atom. The average Bonchev–Trinajstić information content (AvgIpc) is 3.54. The first kappa shape index (κ1) is 31.2. The number of esters is 1. The molecule has 5 rings (SSSR count). The lowest BCUT2D eigenvalue weighted by Crippen LogP contribution is -2.71. The smallest absolute Gasteiger partial charge is 0.437 e. The second kappa shape index (κ2) is 10.5. The van der Waals surface area contributed by atoms with Gasteiger partial charge in [-0.15, -0.1) is 0 Å². The fraction of sp³-hybridized carbons (Fsp3) is 0.643. The quantitative estimate of drug-likeness (QED) is 0.316. The highest BCUT2D eigenvalue weighted by molar-refractivity contribution is 8.13. The summed E-state index contributed by atoms with van der Waals surface area (Å²) in [6.45, 7) is 6.24. The van der Waals surface area contributed by atoms with Crippen LogP contribution in [0.25, 0.3) is 0 Å². The molecule has 1 aromatic rings. The molecule has 42 heavy (non-hydrogen) atoms. The van der Waals surface area contributed by atoms with Crippen LogP contribution in [0.5, 0.6) is 0 Å². The van der Waals surface area contributed by atoms with Gasteiger partial charge in [-0.1, -0.05) is 26.8 Å². The largest absolute Gasteiger partial charge is 0.449 e. The second-order valence-electron chi connectivity index (χ2n) is 12.1. The van der Waals surface area contributed by atoms with Crippen LogP contribution in [-0.2, 0) is 28.2 Å². The molecule has 3 saturated carbocycles. The number of hydrogen-bond donors (Lipinski definition) is 1. The first-order chi connectivity index (χ1) is 19.6. The molecule has 4 aliphatic carbocycles. The Morgan fingerprint density at radius 2 is 2.00 bits per heavy atom. The van der Waals surface area contributed by atoms with Gasteiger partial charge in [0.2, 0.25) is 5.12 Å². The summed E-state index contributed by atoms with van der Waals surface area (Å²) in [7, 11) is -4.82. The lowest BCUT2D eigenvalue weighted by molar-refractivity contribution is -0.224. The van der Waals surface area contributed by atoms with Crippen LogP contribution in [0.3, 0.4) is 0 Å². The third kappa shape index (κ3) is 4.17. The third-order valence-electron chi connectivity index (χ3n) is 10.2.